The fraction of sp³-hybridized carbons (Fsp3) is 0.214. The van der Waals surface area contributed by atoms with Gasteiger partial charge in [0.1, 0.15) is 4.90 Å². The van der Waals surface area contributed by atoms with Gasteiger partial charge in [-0.05, 0) is 38.1 Å². The number of hydrogen-bond acceptors (Lipinski definition) is 5. The number of aryl methyl sites for hydroxylation is 2. The highest BCUT2D eigenvalue weighted by atomic mass is 32.2. The first-order valence-corrected chi connectivity index (χ1v) is 8.41. The number of rotatable bonds is 4. The maximum atomic E-state index is 12.4. The maximum absolute atomic E-state index is 12.4. The van der Waals surface area contributed by atoms with Crippen LogP contribution in [0.15, 0.2) is 35.2 Å². The molecule has 0 aliphatic heterocycles. The number of benzene rings is 1. The molecule has 1 heterocycles. The van der Waals surface area contributed by atoms with E-state index in [2.05, 4.69) is 9.46 Å². The quantitative estimate of drug-likeness (QED) is 0.877. The van der Waals surface area contributed by atoms with Crippen molar-refractivity contribution in [2.45, 2.75) is 18.7 Å². The molecule has 0 unspecified atom stereocenters. The zero-order valence-electron chi connectivity index (χ0n) is 11.8. The van der Waals surface area contributed by atoms with Crippen molar-refractivity contribution in [3.8, 4) is 0 Å². The standard InChI is InChI=1S/C14H15NO4S2/c1-9-7-13(10(2)20-9)21(17,18)15-12-6-4-5-11(8-12)14(16)19-3/h4-8,15H,1-3H3. The number of sulfonamides is 1. The van der Waals surface area contributed by atoms with E-state index in [0.29, 0.717) is 5.69 Å². The third kappa shape index (κ3) is 3.43. The van der Waals surface area contributed by atoms with Crippen molar-refractivity contribution in [1.82, 2.24) is 0 Å². The Bertz CT molecular complexity index is 778. The third-order valence-electron chi connectivity index (χ3n) is 2.82. The van der Waals surface area contributed by atoms with Crippen LogP contribution in [-0.4, -0.2) is 21.5 Å². The highest BCUT2D eigenvalue weighted by Gasteiger charge is 2.19. The van der Waals surface area contributed by atoms with E-state index in [4.69, 9.17) is 0 Å². The molecule has 0 aliphatic rings. The van der Waals surface area contributed by atoms with E-state index in [0.717, 1.165) is 9.75 Å². The van der Waals surface area contributed by atoms with Crippen LogP contribution in [0.2, 0.25) is 0 Å². The summed E-state index contributed by atoms with van der Waals surface area (Å²) in [6, 6.07) is 7.81. The van der Waals surface area contributed by atoms with Gasteiger partial charge in [0, 0.05) is 15.4 Å². The Morgan fingerprint density at radius 1 is 1.24 bits per heavy atom. The Hall–Kier alpha value is -1.86. The fourth-order valence-electron chi connectivity index (χ4n) is 1.91. The molecule has 1 aromatic carbocycles. The summed E-state index contributed by atoms with van der Waals surface area (Å²) in [5, 5.41) is 0. The van der Waals surface area contributed by atoms with Crippen LogP contribution in [-0.2, 0) is 14.8 Å². The van der Waals surface area contributed by atoms with E-state index >= 15 is 0 Å². The van der Waals surface area contributed by atoms with Crippen molar-refractivity contribution in [2.24, 2.45) is 0 Å². The number of esters is 1. The molecular weight excluding hydrogens is 310 g/mol. The van der Waals surface area contributed by atoms with Gasteiger partial charge in [-0.3, -0.25) is 4.72 Å². The minimum absolute atomic E-state index is 0.258. The Morgan fingerprint density at radius 2 is 1.95 bits per heavy atom. The molecule has 0 bridgehead atoms. The summed E-state index contributed by atoms with van der Waals surface area (Å²) in [7, 11) is -2.39. The number of thiophene rings is 1. The third-order valence-corrected chi connectivity index (χ3v) is 5.42. The van der Waals surface area contributed by atoms with E-state index in [1.807, 2.05) is 6.92 Å². The second kappa shape index (κ2) is 5.87. The van der Waals surface area contributed by atoms with Crippen LogP contribution in [0.1, 0.15) is 20.1 Å². The summed E-state index contributed by atoms with van der Waals surface area (Å²) in [5.74, 6) is -0.515. The van der Waals surface area contributed by atoms with E-state index < -0.39 is 16.0 Å². The van der Waals surface area contributed by atoms with Gasteiger partial charge in [0.2, 0.25) is 0 Å². The molecule has 1 N–H and O–H groups in total. The Kier molecular flexibility index (Phi) is 4.34. The van der Waals surface area contributed by atoms with Gasteiger partial charge >= 0.3 is 5.97 Å². The second-order valence-electron chi connectivity index (χ2n) is 4.46. The van der Waals surface area contributed by atoms with Crippen molar-refractivity contribution in [2.75, 3.05) is 11.8 Å². The minimum atomic E-state index is -3.66. The summed E-state index contributed by atoms with van der Waals surface area (Å²) in [6.07, 6.45) is 0. The van der Waals surface area contributed by atoms with Crippen molar-refractivity contribution in [1.29, 1.82) is 0 Å². The molecule has 5 nitrogen and oxygen atoms in total. The first-order valence-electron chi connectivity index (χ1n) is 6.12. The van der Waals surface area contributed by atoms with Crippen LogP contribution in [0.3, 0.4) is 0 Å². The van der Waals surface area contributed by atoms with Crippen LogP contribution in [0.25, 0.3) is 0 Å². The SMILES string of the molecule is COC(=O)c1cccc(NS(=O)(=O)c2cc(C)sc2C)c1. The Morgan fingerprint density at radius 3 is 2.52 bits per heavy atom. The van der Waals surface area contributed by atoms with Gasteiger partial charge in [-0.25, -0.2) is 13.2 Å². The first kappa shape index (κ1) is 15.5. The summed E-state index contributed by atoms with van der Waals surface area (Å²) >= 11 is 1.43. The monoisotopic (exact) mass is 325 g/mol. The van der Waals surface area contributed by atoms with Gasteiger partial charge in [-0.1, -0.05) is 6.07 Å². The zero-order chi connectivity index (χ0) is 15.6. The lowest BCUT2D eigenvalue weighted by Crippen LogP contribution is -2.13. The summed E-state index contributed by atoms with van der Waals surface area (Å²) in [5.41, 5.74) is 0.608. The number of nitrogens with one attached hydrogen (secondary N) is 1. The number of carbonyl (C=O) groups excluding carboxylic acids is 1. The summed E-state index contributed by atoms with van der Waals surface area (Å²) in [4.78, 5) is 13.4. The van der Waals surface area contributed by atoms with Crippen molar-refractivity contribution in [3.05, 3.63) is 45.6 Å². The van der Waals surface area contributed by atoms with Crippen molar-refractivity contribution < 1.29 is 17.9 Å². The lowest BCUT2D eigenvalue weighted by Gasteiger charge is -2.08. The van der Waals surface area contributed by atoms with Crippen molar-refractivity contribution in [3.63, 3.8) is 0 Å². The molecule has 0 saturated heterocycles. The maximum Gasteiger partial charge on any atom is 0.337 e. The van der Waals surface area contributed by atoms with Gasteiger partial charge in [-0.2, -0.15) is 0 Å². The largest absolute Gasteiger partial charge is 0.465 e. The van der Waals surface area contributed by atoms with Gasteiger partial charge in [-0.15, -0.1) is 11.3 Å². The molecule has 112 valence electrons. The molecular formula is C14H15NO4S2. The number of carbonyl (C=O) groups is 1. The van der Waals surface area contributed by atoms with Gasteiger partial charge in [0.25, 0.3) is 10.0 Å². The number of methoxy groups -OCH3 is 1. The van der Waals surface area contributed by atoms with Gasteiger partial charge < -0.3 is 4.74 Å². The molecule has 0 spiro atoms. The van der Waals surface area contributed by atoms with Crippen LogP contribution >= 0.6 is 11.3 Å². The van der Waals surface area contributed by atoms with Gasteiger partial charge in [0.15, 0.2) is 0 Å². The molecule has 0 aliphatic carbocycles. The molecule has 21 heavy (non-hydrogen) atoms. The van der Waals surface area contributed by atoms with E-state index in [-0.39, 0.29) is 10.5 Å². The van der Waals surface area contributed by atoms with Crippen molar-refractivity contribution >= 4 is 33.0 Å². The highest BCUT2D eigenvalue weighted by molar-refractivity contribution is 7.93. The predicted octanol–water partition coefficient (Wildman–Crippen LogP) is 2.95. The predicted molar refractivity (Wildman–Crippen MR) is 82.4 cm³/mol. The topological polar surface area (TPSA) is 72.5 Å². The molecule has 7 heteroatoms. The minimum Gasteiger partial charge on any atom is -0.465 e. The summed E-state index contributed by atoms with van der Waals surface area (Å²) < 4.78 is 31.8. The molecule has 2 rings (SSSR count). The second-order valence-corrected chi connectivity index (χ2v) is 7.57. The van der Waals surface area contributed by atoms with Crippen LogP contribution in [0.5, 0.6) is 0 Å². The number of anilines is 1. The normalized spacial score (nSPS) is 11.2. The average molecular weight is 325 g/mol. The summed E-state index contributed by atoms with van der Waals surface area (Å²) in [6.45, 7) is 3.62. The lowest BCUT2D eigenvalue weighted by atomic mass is 10.2. The van der Waals surface area contributed by atoms with E-state index in [1.165, 1.54) is 24.5 Å². The molecule has 0 fully saturated rings. The first-order chi connectivity index (χ1) is 9.83. The Balaban J connectivity index is 2.33. The van der Waals surface area contributed by atoms with E-state index in [9.17, 15) is 13.2 Å². The van der Waals surface area contributed by atoms with Gasteiger partial charge in [0.05, 0.1) is 12.7 Å². The number of hydrogen-bond donors (Lipinski definition) is 1. The fourth-order valence-corrected chi connectivity index (χ4v) is 4.52. The lowest BCUT2D eigenvalue weighted by molar-refractivity contribution is 0.0601. The molecule has 2 aromatic rings. The smallest absolute Gasteiger partial charge is 0.337 e. The number of ether oxygens (including phenoxy) is 1. The average Bonchev–Trinajstić information content (AvgIpc) is 2.77. The van der Waals surface area contributed by atoms with Crippen LogP contribution in [0, 0.1) is 13.8 Å². The van der Waals surface area contributed by atoms with Crippen LogP contribution in [0.4, 0.5) is 5.69 Å². The molecule has 0 radical (unpaired) electrons. The van der Waals surface area contributed by atoms with E-state index in [1.54, 1.807) is 31.2 Å². The van der Waals surface area contributed by atoms with Crippen LogP contribution < -0.4 is 4.72 Å². The Labute approximate surface area is 127 Å². The molecule has 0 saturated carbocycles. The zero-order valence-corrected chi connectivity index (χ0v) is 13.5. The highest BCUT2D eigenvalue weighted by Crippen LogP contribution is 2.27. The molecule has 1 aromatic heterocycles. The molecule has 0 atom stereocenters. The molecule has 0 amide bonds.